The van der Waals surface area contributed by atoms with Crippen LogP contribution in [0.3, 0.4) is 0 Å². The zero-order chi connectivity index (χ0) is 12.3. The molecule has 3 N–H and O–H groups in total. The molecule has 1 aromatic heterocycles. The number of benzene rings is 1. The van der Waals surface area contributed by atoms with Gasteiger partial charge in [0.05, 0.1) is 11.4 Å². The van der Waals surface area contributed by atoms with E-state index in [-0.39, 0.29) is 11.9 Å². The second kappa shape index (κ2) is 5.19. The molecule has 17 heavy (non-hydrogen) atoms. The van der Waals surface area contributed by atoms with Crippen LogP contribution >= 0.6 is 11.3 Å². The minimum absolute atomic E-state index is 0.216. The molecule has 0 saturated carbocycles. The fourth-order valence-corrected chi connectivity index (χ4v) is 2.41. The van der Waals surface area contributed by atoms with Crippen molar-refractivity contribution >= 4 is 22.7 Å². The third kappa shape index (κ3) is 3.20. The molecular weight excluding hydrogens is 235 g/mol. The highest BCUT2D eigenvalue weighted by atomic mass is 32.1. The minimum atomic E-state index is -0.274. The summed E-state index contributed by atoms with van der Waals surface area (Å²) in [5.41, 5.74) is 8.30. The predicted octanol–water partition coefficient (Wildman–Crippen LogP) is 3.51. The molecule has 0 aliphatic carbocycles. The number of nitrogens with one attached hydrogen (secondary N) is 1. The van der Waals surface area contributed by atoms with Gasteiger partial charge in [-0.1, -0.05) is 0 Å². The Bertz CT molecular complexity index is 482. The zero-order valence-electron chi connectivity index (χ0n) is 9.61. The number of hydrogen-bond donors (Lipinski definition) is 2. The molecule has 0 saturated heterocycles. The van der Waals surface area contributed by atoms with Crippen molar-refractivity contribution in [2.24, 2.45) is 0 Å². The van der Waals surface area contributed by atoms with E-state index in [0.29, 0.717) is 11.4 Å². The lowest BCUT2D eigenvalue weighted by Crippen LogP contribution is -2.18. The van der Waals surface area contributed by atoms with E-state index in [4.69, 9.17) is 5.73 Å². The Morgan fingerprint density at radius 1 is 1.41 bits per heavy atom. The van der Waals surface area contributed by atoms with Crippen molar-refractivity contribution < 1.29 is 4.39 Å². The van der Waals surface area contributed by atoms with Crippen LogP contribution in [0.4, 0.5) is 15.8 Å². The molecule has 0 aliphatic rings. The largest absolute Gasteiger partial charge is 0.397 e. The molecule has 90 valence electrons. The second-order valence-electron chi connectivity index (χ2n) is 4.11. The molecule has 1 heterocycles. The fourth-order valence-electron chi connectivity index (χ4n) is 1.73. The third-order valence-electron chi connectivity index (χ3n) is 2.54. The maximum Gasteiger partial charge on any atom is 0.125 e. The molecule has 0 spiro atoms. The quantitative estimate of drug-likeness (QED) is 0.815. The van der Waals surface area contributed by atoms with Crippen LogP contribution in [0, 0.1) is 5.82 Å². The van der Waals surface area contributed by atoms with Gasteiger partial charge in [0.1, 0.15) is 5.82 Å². The summed E-state index contributed by atoms with van der Waals surface area (Å²) in [6.07, 6.45) is 0.902. The molecular formula is C13H15FN2S. The molecule has 1 unspecified atom stereocenters. The maximum absolute atomic E-state index is 13.1. The average molecular weight is 250 g/mol. The van der Waals surface area contributed by atoms with Crippen molar-refractivity contribution in [3.8, 4) is 0 Å². The monoisotopic (exact) mass is 250 g/mol. The highest BCUT2D eigenvalue weighted by Crippen LogP contribution is 2.21. The van der Waals surface area contributed by atoms with Gasteiger partial charge in [-0.05, 0) is 53.9 Å². The van der Waals surface area contributed by atoms with E-state index in [0.717, 1.165) is 6.42 Å². The van der Waals surface area contributed by atoms with E-state index in [9.17, 15) is 4.39 Å². The lowest BCUT2D eigenvalue weighted by molar-refractivity contribution is 0.628. The highest BCUT2D eigenvalue weighted by molar-refractivity contribution is 7.07. The van der Waals surface area contributed by atoms with Gasteiger partial charge in [0.2, 0.25) is 0 Å². The van der Waals surface area contributed by atoms with E-state index >= 15 is 0 Å². The van der Waals surface area contributed by atoms with Crippen LogP contribution in [-0.4, -0.2) is 6.04 Å². The molecule has 0 radical (unpaired) electrons. The topological polar surface area (TPSA) is 38.0 Å². The first-order chi connectivity index (χ1) is 8.15. The van der Waals surface area contributed by atoms with E-state index in [1.807, 2.05) is 0 Å². The van der Waals surface area contributed by atoms with E-state index in [2.05, 4.69) is 29.1 Å². The number of anilines is 2. The summed E-state index contributed by atoms with van der Waals surface area (Å²) in [4.78, 5) is 0. The molecule has 4 heteroatoms. The number of hydrogen-bond acceptors (Lipinski definition) is 3. The Kier molecular flexibility index (Phi) is 3.64. The molecule has 1 aromatic carbocycles. The van der Waals surface area contributed by atoms with Gasteiger partial charge in [0.15, 0.2) is 0 Å². The van der Waals surface area contributed by atoms with Crippen molar-refractivity contribution in [2.45, 2.75) is 19.4 Å². The van der Waals surface area contributed by atoms with Crippen LogP contribution in [0.5, 0.6) is 0 Å². The molecule has 2 nitrogen and oxygen atoms in total. The van der Waals surface area contributed by atoms with Gasteiger partial charge in [0, 0.05) is 6.04 Å². The van der Waals surface area contributed by atoms with Gasteiger partial charge >= 0.3 is 0 Å². The molecule has 0 fully saturated rings. The molecule has 2 aromatic rings. The van der Waals surface area contributed by atoms with Crippen molar-refractivity contribution in [1.29, 1.82) is 0 Å². The number of rotatable bonds is 4. The fraction of sp³-hybridized carbons (Fsp3) is 0.231. The maximum atomic E-state index is 13.1. The molecule has 0 amide bonds. The van der Waals surface area contributed by atoms with Gasteiger partial charge in [0.25, 0.3) is 0 Å². The summed E-state index contributed by atoms with van der Waals surface area (Å²) >= 11 is 1.68. The van der Waals surface area contributed by atoms with Gasteiger partial charge in [-0.3, -0.25) is 0 Å². The van der Waals surface area contributed by atoms with Crippen LogP contribution in [-0.2, 0) is 6.42 Å². The first kappa shape index (κ1) is 11.9. The SMILES string of the molecule is CC(Cc1ccsc1)Nc1cc(F)ccc1N. The normalized spacial score (nSPS) is 12.4. The zero-order valence-corrected chi connectivity index (χ0v) is 10.4. The van der Waals surface area contributed by atoms with E-state index < -0.39 is 0 Å². The Morgan fingerprint density at radius 2 is 2.24 bits per heavy atom. The van der Waals surface area contributed by atoms with Crippen LogP contribution in [0.25, 0.3) is 0 Å². The molecule has 0 aliphatic heterocycles. The van der Waals surface area contributed by atoms with Gasteiger partial charge < -0.3 is 11.1 Å². The lowest BCUT2D eigenvalue weighted by atomic mass is 10.1. The van der Waals surface area contributed by atoms with Gasteiger partial charge in [-0.15, -0.1) is 0 Å². The summed E-state index contributed by atoms with van der Waals surface area (Å²) in [5.74, 6) is -0.274. The van der Waals surface area contributed by atoms with E-state index in [1.165, 1.54) is 17.7 Å². The Hall–Kier alpha value is -1.55. The second-order valence-corrected chi connectivity index (χ2v) is 4.89. The van der Waals surface area contributed by atoms with Crippen LogP contribution in [0.15, 0.2) is 35.0 Å². The van der Waals surface area contributed by atoms with Crippen LogP contribution < -0.4 is 11.1 Å². The number of halogens is 1. The van der Waals surface area contributed by atoms with Crippen LogP contribution in [0.2, 0.25) is 0 Å². The number of nitrogen functional groups attached to an aromatic ring is 1. The van der Waals surface area contributed by atoms with E-state index in [1.54, 1.807) is 17.4 Å². The summed E-state index contributed by atoms with van der Waals surface area (Å²) in [5, 5.41) is 7.40. The van der Waals surface area contributed by atoms with Crippen molar-refractivity contribution in [1.82, 2.24) is 0 Å². The Morgan fingerprint density at radius 3 is 2.94 bits per heavy atom. The van der Waals surface area contributed by atoms with Gasteiger partial charge in [-0.2, -0.15) is 11.3 Å². The Balaban J connectivity index is 2.02. The number of thiophene rings is 1. The lowest BCUT2D eigenvalue weighted by Gasteiger charge is -2.16. The van der Waals surface area contributed by atoms with Crippen molar-refractivity contribution in [2.75, 3.05) is 11.1 Å². The van der Waals surface area contributed by atoms with Crippen molar-refractivity contribution in [3.05, 3.63) is 46.4 Å². The minimum Gasteiger partial charge on any atom is -0.397 e. The van der Waals surface area contributed by atoms with Crippen LogP contribution in [0.1, 0.15) is 12.5 Å². The molecule has 1 atom stereocenters. The van der Waals surface area contributed by atoms with Crippen molar-refractivity contribution in [3.63, 3.8) is 0 Å². The first-order valence-corrected chi connectivity index (χ1v) is 6.42. The van der Waals surface area contributed by atoms with Gasteiger partial charge in [-0.25, -0.2) is 4.39 Å². The summed E-state index contributed by atoms with van der Waals surface area (Å²) in [6.45, 7) is 2.06. The number of nitrogens with two attached hydrogens (primary N) is 1. The summed E-state index contributed by atoms with van der Waals surface area (Å²) in [6, 6.07) is 6.68. The smallest absolute Gasteiger partial charge is 0.125 e. The molecule has 2 rings (SSSR count). The first-order valence-electron chi connectivity index (χ1n) is 5.48. The molecule has 0 bridgehead atoms. The summed E-state index contributed by atoms with van der Waals surface area (Å²) in [7, 11) is 0. The third-order valence-corrected chi connectivity index (χ3v) is 3.27. The predicted molar refractivity (Wildman–Crippen MR) is 71.9 cm³/mol. The standard InChI is InChI=1S/C13H15FN2S/c1-9(6-10-4-5-17-8-10)16-13-7-11(14)2-3-12(13)15/h2-5,7-9,16H,6,15H2,1H3. The summed E-state index contributed by atoms with van der Waals surface area (Å²) < 4.78 is 13.1. The Labute approximate surface area is 104 Å². The average Bonchev–Trinajstić information content (AvgIpc) is 2.76. The highest BCUT2D eigenvalue weighted by Gasteiger charge is 2.07.